The number of nitrogens with two attached hydrogens (primary N) is 1. The van der Waals surface area contributed by atoms with Gasteiger partial charge >= 0.3 is 5.97 Å². The molecule has 1 aromatic carbocycles. The number of hydrogen-bond donors (Lipinski definition) is 2. The molecule has 0 aromatic heterocycles. The molecule has 1 saturated heterocycles. The first-order valence-electron chi connectivity index (χ1n) is 10.4. The maximum absolute atomic E-state index is 12.7. The number of carbonyl (C=O) groups excluding carboxylic acids is 3. The van der Waals surface area contributed by atoms with Crippen LogP contribution in [-0.4, -0.2) is 55.0 Å². The normalized spacial score (nSPS) is 17.0. The fraction of sp³-hybridized carbons (Fsp3) is 0.591. The van der Waals surface area contributed by atoms with Crippen LogP contribution < -0.4 is 11.1 Å². The van der Waals surface area contributed by atoms with E-state index in [0.29, 0.717) is 32.4 Å². The summed E-state index contributed by atoms with van der Waals surface area (Å²) < 4.78 is 4.60. The number of unbranched alkanes of at least 4 members (excludes halogenated alkanes) is 2. The average molecular weight is 404 g/mol. The van der Waals surface area contributed by atoms with Gasteiger partial charge in [0.15, 0.2) is 0 Å². The minimum absolute atomic E-state index is 0.0517. The van der Waals surface area contributed by atoms with Gasteiger partial charge in [0.1, 0.15) is 6.04 Å². The number of esters is 1. The lowest BCUT2D eigenvalue weighted by molar-refractivity contribution is -0.140. The maximum Gasteiger partial charge on any atom is 0.305 e. The summed E-state index contributed by atoms with van der Waals surface area (Å²) in [6.07, 6.45) is 5.19. The minimum Gasteiger partial charge on any atom is -0.469 e. The second-order valence-electron chi connectivity index (χ2n) is 7.58. The van der Waals surface area contributed by atoms with Crippen molar-refractivity contribution in [2.24, 2.45) is 5.73 Å². The van der Waals surface area contributed by atoms with E-state index >= 15 is 0 Å². The molecule has 2 rings (SSSR count). The van der Waals surface area contributed by atoms with E-state index in [1.165, 1.54) is 7.11 Å². The van der Waals surface area contributed by atoms with Gasteiger partial charge in [-0.25, -0.2) is 0 Å². The number of ether oxygens (including phenoxy) is 1. The van der Waals surface area contributed by atoms with Crippen LogP contribution in [0.4, 0.5) is 0 Å². The van der Waals surface area contributed by atoms with Crippen LogP contribution in [0.25, 0.3) is 0 Å². The molecular weight excluding hydrogens is 370 g/mol. The molecule has 0 bridgehead atoms. The van der Waals surface area contributed by atoms with Crippen LogP contribution in [0.2, 0.25) is 0 Å². The van der Waals surface area contributed by atoms with Gasteiger partial charge in [-0.05, 0) is 37.7 Å². The lowest BCUT2D eigenvalue weighted by Crippen LogP contribution is -2.47. The zero-order chi connectivity index (χ0) is 21.1. The minimum atomic E-state index is -0.401. The molecule has 1 fully saturated rings. The van der Waals surface area contributed by atoms with E-state index in [1.807, 2.05) is 30.3 Å². The van der Waals surface area contributed by atoms with Crippen molar-refractivity contribution in [1.29, 1.82) is 0 Å². The van der Waals surface area contributed by atoms with Crippen molar-refractivity contribution in [2.45, 2.75) is 63.5 Å². The van der Waals surface area contributed by atoms with Crippen LogP contribution in [-0.2, 0) is 25.5 Å². The van der Waals surface area contributed by atoms with Crippen molar-refractivity contribution in [1.82, 2.24) is 10.2 Å². The second-order valence-corrected chi connectivity index (χ2v) is 7.58. The Morgan fingerprint density at radius 2 is 1.97 bits per heavy atom. The highest BCUT2D eigenvalue weighted by atomic mass is 16.5. The van der Waals surface area contributed by atoms with E-state index < -0.39 is 6.04 Å². The van der Waals surface area contributed by atoms with Gasteiger partial charge in [0, 0.05) is 32.0 Å². The summed E-state index contributed by atoms with van der Waals surface area (Å²) in [6.45, 7) is 1.15. The van der Waals surface area contributed by atoms with E-state index in [-0.39, 0.29) is 30.2 Å². The molecule has 2 atom stereocenters. The van der Waals surface area contributed by atoms with Crippen molar-refractivity contribution >= 4 is 17.8 Å². The Balaban J connectivity index is 1.71. The number of methoxy groups -OCH3 is 1. The summed E-state index contributed by atoms with van der Waals surface area (Å²) >= 11 is 0. The van der Waals surface area contributed by atoms with Gasteiger partial charge in [0.05, 0.1) is 7.11 Å². The third-order valence-corrected chi connectivity index (χ3v) is 5.24. The summed E-state index contributed by atoms with van der Waals surface area (Å²) in [5.74, 6) is -0.357. The number of carbonyl (C=O) groups is 3. The number of rotatable bonds is 11. The number of likely N-dealkylation sites (tertiary alicyclic amines) is 1. The number of hydrogen-bond acceptors (Lipinski definition) is 5. The molecule has 0 aliphatic carbocycles. The average Bonchev–Trinajstić information content (AvgIpc) is 3.21. The standard InChI is InChI=1S/C22H33N3O4/c1-29-21(27)12-6-3-7-13-24-22(28)19-11-8-14-25(19)20(26)16-18(23)15-17-9-4-2-5-10-17/h2,4-5,9-10,18-19H,3,6-8,11-16,23H2,1H3,(H,24,28)/t18-,19+/m1/s1. The summed E-state index contributed by atoms with van der Waals surface area (Å²) in [5, 5.41) is 2.92. The third kappa shape index (κ3) is 7.85. The molecule has 1 aliphatic rings. The van der Waals surface area contributed by atoms with E-state index in [0.717, 1.165) is 31.2 Å². The lowest BCUT2D eigenvalue weighted by atomic mass is 10.0. The first-order chi connectivity index (χ1) is 14.0. The Morgan fingerprint density at radius 3 is 2.69 bits per heavy atom. The molecule has 1 aliphatic heterocycles. The van der Waals surface area contributed by atoms with Gasteiger partial charge in [-0.1, -0.05) is 36.8 Å². The van der Waals surface area contributed by atoms with Crippen LogP contribution >= 0.6 is 0 Å². The zero-order valence-corrected chi connectivity index (χ0v) is 17.3. The SMILES string of the molecule is COC(=O)CCCCCNC(=O)[C@@H]1CCCN1C(=O)C[C@H](N)Cc1ccccc1. The van der Waals surface area contributed by atoms with Gasteiger partial charge in [-0.2, -0.15) is 0 Å². The van der Waals surface area contributed by atoms with Crippen molar-refractivity contribution in [3.8, 4) is 0 Å². The highest BCUT2D eigenvalue weighted by Crippen LogP contribution is 2.19. The number of amides is 2. The topological polar surface area (TPSA) is 102 Å². The smallest absolute Gasteiger partial charge is 0.305 e. The number of nitrogens with one attached hydrogen (secondary N) is 1. The van der Waals surface area contributed by atoms with Crippen LogP contribution in [0.1, 0.15) is 50.5 Å². The molecule has 160 valence electrons. The van der Waals surface area contributed by atoms with Crippen LogP contribution in [0.3, 0.4) is 0 Å². The summed E-state index contributed by atoms with van der Waals surface area (Å²) in [6, 6.07) is 9.21. The van der Waals surface area contributed by atoms with Gasteiger partial charge in [0.25, 0.3) is 0 Å². The van der Waals surface area contributed by atoms with Crippen molar-refractivity contribution < 1.29 is 19.1 Å². The first kappa shape index (κ1) is 22.9. The molecule has 3 N–H and O–H groups in total. The largest absolute Gasteiger partial charge is 0.469 e. The Bertz CT molecular complexity index is 665. The third-order valence-electron chi connectivity index (χ3n) is 5.24. The quantitative estimate of drug-likeness (QED) is 0.433. The van der Waals surface area contributed by atoms with Gasteiger partial charge in [-0.15, -0.1) is 0 Å². The van der Waals surface area contributed by atoms with E-state index in [2.05, 4.69) is 10.1 Å². The molecule has 7 nitrogen and oxygen atoms in total. The monoisotopic (exact) mass is 403 g/mol. The molecule has 2 amide bonds. The predicted molar refractivity (Wildman–Crippen MR) is 111 cm³/mol. The molecule has 0 radical (unpaired) electrons. The van der Waals surface area contributed by atoms with E-state index in [9.17, 15) is 14.4 Å². The van der Waals surface area contributed by atoms with Crippen molar-refractivity contribution in [3.05, 3.63) is 35.9 Å². The molecule has 1 heterocycles. The Labute approximate surface area is 173 Å². The van der Waals surface area contributed by atoms with Crippen LogP contribution in [0.15, 0.2) is 30.3 Å². The van der Waals surface area contributed by atoms with Gasteiger partial charge in [0.2, 0.25) is 11.8 Å². The maximum atomic E-state index is 12.7. The Hall–Kier alpha value is -2.41. The zero-order valence-electron chi connectivity index (χ0n) is 17.3. The molecule has 0 spiro atoms. The lowest BCUT2D eigenvalue weighted by Gasteiger charge is -2.25. The Morgan fingerprint density at radius 1 is 1.21 bits per heavy atom. The van der Waals surface area contributed by atoms with Gasteiger partial charge < -0.3 is 20.7 Å². The van der Waals surface area contributed by atoms with Crippen molar-refractivity contribution in [2.75, 3.05) is 20.2 Å². The summed E-state index contributed by atoms with van der Waals surface area (Å²) in [7, 11) is 1.38. The fourth-order valence-electron chi connectivity index (χ4n) is 3.67. The molecule has 29 heavy (non-hydrogen) atoms. The van der Waals surface area contributed by atoms with E-state index in [1.54, 1.807) is 4.90 Å². The highest BCUT2D eigenvalue weighted by Gasteiger charge is 2.34. The van der Waals surface area contributed by atoms with Crippen LogP contribution in [0, 0.1) is 0 Å². The molecule has 1 aromatic rings. The molecule has 0 saturated carbocycles. The second kappa shape index (κ2) is 12.2. The first-order valence-corrected chi connectivity index (χ1v) is 10.4. The Kier molecular flexibility index (Phi) is 9.64. The number of nitrogens with zero attached hydrogens (tertiary/aromatic N) is 1. The van der Waals surface area contributed by atoms with E-state index in [4.69, 9.17) is 5.73 Å². The summed E-state index contributed by atoms with van der Waals surface area (Å²) in [5.41, 5.74) is 7.28. The molecule has 7 heteroatoms. The highest BCUT2D eigenvalue weighted by molar-refractivity contribution is 5.88. The molecular formula is C22H33N3O4. The summed E-state index contributed by atoms with van der Waals surface area (Å²) in [4.78, 5) is 37.9. The van der Waals surface area contributed by atoms with Gasteiger partial charge in [-0.3, -0.25) is 14.4 Å². The molecule has 0 unspecified atom stereocenters. The van der Waals surface area contributed by atoms with Crippen molar-refractivity contribution in [3.63, 3.8) is 0 Å². The fourth-order valence-corrected chi connectivity index (χ4v) is 3.67. The van der Waals surface area contributed by atoms with Crippen LogP contribution in [0.5, 0.6) is 0 Å². The predicted octanol–water partition coefficient (Wildman–Crippen LogP) is 1.79. The number of benzene rings is 1.